The third kappa shape index (κ3) is 5.83. The molecule has 184 valence electrons. The molecule has 3 aromatic rings. The predicted molar refractivity (Wildman–Crippen MR) is 142 cm³/mol. The first-order valence-corrected chi connectivity index (χ1v) is 13.9. The fraction of sp³-hybridized carbons (Fsp3) is 0.296. The summed E-state index contributed by atoms with van der Waals surface area (Å²) in [5.74, 6) is -0.403. The Hall–Kier alpha value is -2.54. The second-order valence-corrected chi connectivity index (χ2v) is 11.4. The van der Waals surface area contributed by atoms with Gasteiger partial charge in [-0.15, -0.1) is 0 Å². The fourth-order valence-corrected chi connectivity index (χ4v) is 6.16. The number of sulfonamides is 1. The van der Waals surface area contributed by atoms with Crippen molar-refractivity contribution in [1.29, 1.82) is 0 Å². The summed E-state index contributed by atoms with van der Waals surface area (Å²) in [5.41, 5.74) is 4.01. The molecule has 4 rings (SSSR count). The maximum Gasteiger partial charge on any atom is 0.264 e. The Morgan fingerprint density at radius 2 is 1.66 bits per heavy atom. The third-order valence-electron chi connectivity index (χ3n) is 6.33. The Kier molecular flexibility index (Phi) is 8.05. The molecule has 0 spiro atoms. The van der Waals surface area contributed by atoms with E-state index < -0.39 is 22.5 Å². The molecule has 0 fully saturated rings. The molecular weight excluding hydrogens is 503 g/mol. The minimum absolute atomic E-state index is 0.0839. The zero-order chi connectivity index (χ0) is 25.0. The molecule has 1 unspecified atom stereocenters. The number of aryl methyl sites for hydroxylation is 2. The van der Waals surface area contributed by atoms with Crippen molar-refractivity contribution in [2.24, 2.45) is 0 Å². The summed E-state index contributed by atoms with van der Waals surface area (Å²) in [6, 6.07) is 18.7. The maximum absolute atomic E-state index is 13.5. The Morgan fingerprint density at radius 1 is 0.943 bits per heavy atom. The second kappa shape index (κ2) is 11.0. The quantitative estimate of drug-likeness (QED) is 0.369. The van der Waals surface area contributed by atoms with Crippen molar-refractivity contribution in [1.82, 2.24) is 5.32 Å². The molecule has 0 aliphatic heterocycles. The number of hydrogen-bond donors (Lipinski definition) is 1. The zero-order valence-corrected chi connectivity index (χ0v) is 21.8. The lowest BCUT2D eigenvalue weighted by molar-refractivity contribution is -0.120. The Morgan fingerprint density at radius 3 is 2.34 bits per heavy atom. The number of carbonyl (C=O) groups excluding carboxylic acids is 1. The van der Waals surface area contributed by atoms with Gasteiger partial charge in [-0.25, -0.2) is 8.42 Å². The van der Waals surface area contributed by atoms with E-state index >= 15 is 0 Å². The summed E-state index contributed by atoms with van der Waals surface area (Å²) in [6.07, 6.45) is 5.21. The zero-order valence-electron chi connectivity index (χ0n) is 19.5. The minimum Gasteiger partial charge on any atom is -0.348 e. The number of fused-ring (bicyclic) bond motifs is 1. The molecule has 0 radical (unpaired) electrons. The molecule has 35 heavy (non-hydrogen) atoms. The van der Waals surface area contributed by atoms with Crippen molar-refractivity contribution < 1.29 is 13.2 Å². The van der Waals surface area contributed by atoms with Crippen LogP contribution in [-0.4, -0.2) is 20.9 Å². The van der Waals surface area contributed by atoms with E-state index in [2.05, 4.69) is 23.5 Å². The van der Waals surface area contributed by atoms with E-state index in [1.807, 2.05) is 6.92 Å². The van der Waals surface area contributed by atoms with Gasteiger partial charge in [-0.2, -0.15) is 0 Å². The van der Waals surface area contributed by atoms with Crippen LogP contribution in [0.4, 0.5) is 5.69 Å². The Balaban J connectivity index is 1.61. The lowest BCUT2D eigenvalue weighted by Crippen LogP contribution is -2.42. The minimum atomic E-state index is -4.03. The Labute approximate surface area is 217 Å². The molecule has 8 heteroatoms. The molecule has 1 aliphatic rings. The van der Waals surface area contributed by atoms with Crippen molar-refractivity contribution in [2.75, 3.05) is 10.8 Å². The van der Waals surface area contributed by atoms with Crippen LogP contribution in [0.25, 0.3) is 0 Å². The number of carbonyl (C=O) groups is 1. The van der Waals surface area contributed by atoms with Gasteiger partial charge in [-0.1, -0.05) is 66.5 Å². The highest BCUT2D eigenvalue weighted by atomic mass is 35.5. The highest BCUT2D eigenvalue weighted by Crippen LogP contribution is 2.31. The summed E-state index contributed by atoms with van der Waals surface area (Å²) in [4.78, 5) is 13.3. The average molecular weight is 532 g/mol. The van der Waals surface area contributed by atoms with Crippen LogP contribution in [0.5, 0.6) is 0 Å². The van der Waals surface area contributed by atoms with Crippen LogP contribution in [0.3, 0.4) is 0 Å². The molecule has 1 aliphatic carbocycles. The number of halogens is 2. The van der Waals surface area contributed by atoms with Crippen molar-refractivity contribution >= 4 is 44.8 Å². The fourth-order valence-electron chi connectivity index (χ4n) is 4.44. The molecular formula is C27H28Cl2N2O3S. The van der Waals surface area contributed by atoms with Crippen LogP contribution >= 0.6 is 23.2 Å². The topological polar surface area (TPSA) is 66.5 Å². The largest absolute Gasteiger partial charge is 0.348 e. The lowest BCUT2D eigenvalue weighted by atomic mass is 9.89. The number of benzene rings is 3. The van der Waals surface area contributed by atoms with Crippen LogP contribution in [0, 0.1) is 0 Å². The molecule has 0 heterocycles. The summed E-state index contributed by atoms with van der Waals surface area (Å²) >= 11 is 12.2. The van der Waals surface area contributed by atoms with E-state index in [1.54, 1.807) is 24.3 Å². The number of rotatable bonds is 8. The number of nitrogens with one attached hydrogen (secondary N) is 1. The molecule has 1 N–H and O–H groups in total. The molecule has 1 atom stereocenters. The van der Waals surface area contributed by atoms with Crippen molar-refractivity contribution in [2.45, 2.75) is 50.0 Å². The molecule has 1 amide bonds. The summed E-state index contributed by atoms with van der Waals surface area (Å²) < 4.78 is 28.1. The van der Waals surface area contributed by atoms with Gasteiger partial charge in [0.15, 0.2) is 0 Å². The van der Waals surface area contributed by atoms with E-state index in [-0.39, 0.29) is 21.6 Å². The van der Waals surface area contributed by atoms with E-state index in [4.69, 9.17) is 23.2 Å². The Bertz CT molecular complexity index is 1310. The number of nitrogens with zero attached hydrogens (tertiary/aromatic N) is 1. The van der Waals surface area contributed by atoms with Gasteiger partial charge in [0.2, 0.25) is 5.91 Å². The molecule has 0 bridgehead atoms. The molecule has 0 aromatic heterocycles. The SMILES string of the molecule is CCC(NC(=O)CN(c1ccc(Cl)c(Cl)c1)S(=O)(=O)c1ccccc1)c1ccc2c(c1)CCCC2. The van der Waals surface area contributed by atoms with Gasteiger partial charge in [-0.05, 0) is 79.1 Å². The van der Waals surface area contributed by atoms with Gasteiger partial charge in [0.1, 0.15) is 6.54 Å². The number of hydrogen-bond acceptors (Lipinski definition) is 3. The summed E-state index contributed by atoms with van der Waals surface area (Å²) in [6.45, 7) is 1.61. The van der Waals surface area contributed by atoms with Gasteiger partial charge in [0, 0.05) is 0 Å². The van der Waals surface area contributed by atoms with Crippen LogP contribution in [-0.2, 0) is 27.7 Å². The van der Waals surface area contributed by atoms with Gasteiger partial charge in [0.25, 0.3) is 10.0 Å². The number of amides is 1. The van der Waals surface area contributed by atoms with Gasteiger partial charge in [-0.3, -0.25) is 9.10 Å². The molecule has 0 saturated carbocycles. The molecule has 3 aromatic carbocycles. The highest BCUT2D eigenvalue weighted by Gasteiger charge is 2.28. The summed E-state index contributed by atoms with van der Waals surface area (Å²) in [5, 5.41) is 3.54. The van der Waals surface area contributed by atoms with Crippen LogP contribution < -0.4 is 9.62 Å². The first-order valence-electron chi connectivity index (χ1n) is 11.7. The predicted octanol–water partition coefficient (Wildman–Crippen LogP) is 6.34. The molecule has 0 saturated heterocycles. The normalized spacial score (nSPS) is 14.1. The standard InChI is InChI=1S/C27H28Cl2N2O3S/c1-2-26(21-13-12-19-8-6-7-9-20(19)16-21)30-27(32)18-31(22-14-15-24(28)25(29)17-22)35(33,34)23-10-4-3-5-11-23/h3-5,10-17,26H,2,6-9,18H2,1H3,(H,30,32). The van der Waals surface area contributed by atoms with E-state index in [0.29, 0.717) is 11.4 Å². The van der Waals surface area contributed by atoms with Crippen LogP contribution in [0.2, 0.25) is 10.0 Å². The average Bonchev–Trinajstić information content (AvgIpc) is 2.87. The van der Waals surface area contributed by atoms with Gasteiger partial charge in [0.05, 0.1) is 26.7 Å². The van der Waals surface area contributed by atoms with E-state index in [9.17, 15) is 13.2 Å². The first-order chi connectivity index (χ1) is 16.8. The van der Waals surface area contributed by atoms with Crippen molar-refractivity contribution in [3.05, 3.63) is 93.5 Å². The van der Waals surface area contributed by atoms with Crippen molar-refractivity contribution in [3.63, 3.8) is 0 Å². The van der Waals surface area contributed by atoms with Crippen molar-refractivity contribution in [3.8, 4) is 0 Å². The van der Waals surface area contributed by atoms with Crippen LogP contribution in [0.15, 0.2) is 71.6 Å². The number of anilines is 1. The van der Waals surface area contributed by atoms with E-state index in [0.717, 1.165) is 22.7 Å². The molecule has 5 nitrogen and oxygen atoms in total. The third-order valence-corrected chi connectivity index (χ3v) is 8.86. The second-order valence-electron chi connectivity index (χ2n) is 8.69. The van der Waals surface area contributed by atoms with Gasteiger partial charge < -0.3 is 5.32 Å². The lowest BCUT2D eigenvalue weighted by Gasteiger charge is -2.26. The van der Waals surface area contributed by atoms with Crippen LogP contribution in [0.1, 0.15) is 48.9 Å². The smallest absolute Gasteiger partial charge is 0.264 e. The first kappa shape index (κ1) is 25.5. The van der Waals surface area contributed by atoms with Gasteiger partial charge >= 0.3 is 0 Å². The maximum atomic E-state index is 13.5. The monoisotopic (exact) mass is 530 g/mol. The summed E-state index contributed by atoms with van der Waals surface area (Å²) in [7, 11) is -4.03. The highest BCUT2D eigenvalue weighted by molar-refractivity contribution is 7.92. The van der Waals surface area contributed by atoms with E-state index in [1.165, 1.54) is 48.2 Å².